The van der Waals surface area contributed by atoms with Gasteiger partial charge in [0.15, 0.2) is 0 Å². The van der Waals surface area contributed by atoms with Gasteiger partial charge in [0.2, 0.25) is 11.8 Å². The molecule has 0 aliphatic carbocycles. The maximum atomic E-state index is 12.4. The van der Waals surface area contributed by atoms with Crippen molar-refractivity contribution in [3.63, 3.8) is 0 Å². The first kappa shape index (κ1) is 23.8. The van der Waals surface area contributed by atoms with Crippen LogP contribution in [0.3, 0.4) is 0 Å². The first-order chi connectivity index (χ1) is 12.2. The third-order valence-corrected chi connectivity index (χ3v) is 3.57. The maximum Gasteiger partial charge on any atom is 0.344 e. The van der Waals surface area contributed by atoms with Gasteiger partial charge in [0.25, 0.3) is 5.91 Å². The minimum atomic E-state index is -1.19. The van der Waals surface area contributed by atoms with Crippen LogP contribution in [0.1, 0.15) is 26.2 Å². The number of imide groups is 1. The first-order valence-electron chi connectivity index (χ1n) is 7.51. The predicted molar refractivity (Wildman–Crippen MR) is 90.6 cm³/mol. The van der Waals surface area contributed by atoms with Gasteiger partial charge in [-0.3, -0.25) is 19.3 Å². The molecule has 0 saturated heterocycles. The molecule has 0 heterocycles. The van der Waals surface area contributed by atoms with Gasteiger partial charge in [-0.15, -0.1) is 0 Å². The average Bonchev–Trinajstić information content (AvgIpc) is 2.65. The number of hydrogen-bond acceptors (Lipinski definition) is 11. The molecule has 0 aliphatic heterocycles. The lowest BCUT2D eigenvalue weighted by atomic mass is 10.1. The van der Waals surface area contributed by atoms with E-state index >= 15 is 0 Å². The molecule has 26 heavy (non-hydrogen) atoms. The predicted octanol–water partition coefficient (Wildman–Crippen LogP) is -2.89. The smallest absolute Gasteiger partial charge is 0.344 e. The summed E-state index contributed by atoms with van der Waals surface area (Å²) in [5, 5.41) is 2.35. The van der Waals surface area contributed by atoms with E-state index < -0.39 is 48.3 Å². The highest BCUT2D eigenvalue weighted by Crippen LogP contribution is 2.04. The molecule has 13 heteroatoms. The standard InChI is InChI=1S/C13H23N5O7S/c1-2-10(20)18(5-11(21)24-15)12(22)8(6-26)17-9(19)4-3-7(14)13(23)25-16/h7-8,26H,2-6,14-16H2,1H3,(H,17,19). The second-order valence-electron chi connectivity index (χ2n) is 5.05. The van der Waals surface area contributed by atoms with Crippen LogP contribution in [0.25, 0.3) is 0 Å². The summed E-state index contributed by atoms with van der Waals surface area (Å²) in [7, 11) is 0. The van der Waals surface area contributed by atoms with Gasteiger partial charge in [-0.25, -0.2) is 9.59 Å². The summed E-state index contributed by atoms with van der Waals surface area (Å²) in [5.41, 5.74) is 5.44. The molecule has 12 nitrogen and oxygen atoms in total. The fraction of sp³-hybridized carbons (Fsp3) is 0.615. The van der Waals surface area contributed by atoms with Crippen molar-refractivity contribution in [1.29, 1.82) is 0 Å². The number of hydrogen-bond donors (Lipinski definition) is 5. The van der Waals surface area contributed by atoms with E-state index in [1.807, 2.05) is 0 Å². The largest absolute Gasteiger partial charge is 0.372 e. The van der Waals surface area contributed by atoms with Crippen molar-refractivity contribution in [2.75, 3.05) is 12.3 Å². The van der Waals surface area contributed by atoms with Crippen LogP contribution in [0, 0.1) is 0 Å². The lowest BCUT2D eigenvalue weighted by Crippen LogP contribution is -2.53. The fourth-order valence-electron chi connectivity index (χ4n) is 1.78. The van der Waals surface area contributed by atoms with Crippen molar-refractivity contribution >= 4 is 42.3 Å². The van der Waals surface area contributed by atoms with Crippen molar-refractivity contribution in [3.05, 3.63) is 0 Å². The monoisotopic (exact) mass is 393 g/mol. The third kappa shape index (κ3) is 7.77. The van der Waals surface area contributed by atoms with Crippen molar-refractivity contribution in [2.45, 2.75) is 38.3 Å². The molecule has 2 atom stereocenters. The van der Waals surface area contributed by atoms with Gasteiger partial charge in [0.05, 0.1) is 0 Å². The Bertz CT molecular complexity index is 545. The van der Waals surface area contributed by atoms with Gasteiger partial charge in [-0.1, -0.05) is 6.92 Å². The molecule has 2 unspecified atom stereocenters. The van der Waals surface area contributed by atoms with Gasteiger partial charge in [-0.05, 0) is 6.42 Å². The summed E-state index contributed by atoms with van der Waals surface area (Å²) in [6, 6.07) is -2.29. The number of rotatable bonds is 10. The Labute approximate surface area is 155 Å². The highest BCUT2D eigenvalue weighted by atomic mass is 32.1. The third-order valence-electron chi connectivity index (χ3n) is 3.21. The number of nitrogens with two attached hydrogens (primary N) is 3. The zero-order chi connectivity index (χ0) is 20.3. The van der Waals surface area contributed by atoms with Crippen molar-refractivity contribution in [3.8, 4) is 0 Å². The number of carbonyl (C=O) groups is 5. The molecular formula is C13H23N5O7S. The Balaban J connectivity index is 4.92. The zero-order valence-electron chi connectivity index (χ0n) is 14.2. The molecule has 0 aromatic rings. The zero-order valence-corrected chi connectivity index (χ0v) is 15.1. The molecule has 0 spiro atoms. The van der Waals surface area contributed by atoms with Gasteiger partial charge < -0.3 is 20.7 Å². The number of thiol groups is 1. The summed E-state index contributed by atoms with van der Waals surface area (Å²) >= 11 is 3.96. The molecule has 0 rings (SSSR count). The van der Waals surface area contributed by atoms with Gasteiger partial charge >= 0.3 is 11.9 Å². The van der Waals surface area contributed by atoms with E-state index in [9.17, 15) is 24.0 Å². The van der Waals surface area contributed by atoms with Crippen LogP contribution in [0.15, 0.2) is 0 Å². The number of nitrogens with zero attached hydrogens (tertiary/aromatic N) is 1. The van der Waals surface area contributed by atoms with Crippen molar-refractivity contribution in [1.82, 2.24) is 10.2 Å². The van der Waals surface area contributed by atoms with E-state index in [0.717, 1.165) is 0 Å². The van der Waals surface area contributed by atoms with E-state index in [-0.39, 0.29) is 25.0 Å². The summed E-state index contributed by atoms with van der Waals surface area (Å²) in [5.74, 6) is 5.22. The first-order valence-corrected chi connectivity index (χ1v) is 8.15. The van der Waals surface area contributed by atoms with Gasteiger partial charge in [0.1, 0.15) is 18.6 Å². The molecule has 0 aromatic heterocycles. The second kappa shape index (κ2) is 12.2. The van der Waals surface area contributed by atoms with Crippen LogP contribution >= 0.6 is 12.6 Å². The van der Waals surface area contributed by atoms with Crippen LogP contribution < -0.4 is 22.8 Å². The molecule has 0 aliphatic rings. The molecule has 0 saturated carbocycles. The van der Waals surface area contributed by atoms with Crippen LogP contribution in [0.4, 0.5) is 0 Å². The van der Waals surface area contributed by atoms with E-state index in [1.165, 1.54) is 6.92 Å². The molecule has 0 bridgehead atoms. The minimum absolute atomic E-state index is 0.0626. The molecule has 148 valence electrons. The SMILES string of the molecule is CCC(=O)N(CC(=O)ON)C(=O)C(CS)NC(=O)CCC(N)C(=O)ON. The highest BCUT2D eigenvalue weighted by Gasteiger charge is 2.30. The Morgan fingerprint density at radius 2 is 1.77 bits per heavy atom. The highest BCUT2D eigenvalue weighted by molar-refractivity contribution is 7.80. The fourth-order valence-corrected chi connectivity index (χ4v) is 2.03. The van der Waals surface area contributed by atoms with E-state index in [1.54, 1.807) is 0 Å². The number of amides is 3. The van der Waals surface area contributed by atoms with Crippen molar-refractivity contribution in [2.24, 2.45) is 17.5 Å². The molecular weight excluding hydrogens is 370 g/mol. The maximum absolute atomic E-state index is 12.4. The van der Waals surface area contributed by atoms with Gasteiger partial charge in [0, 0.05) is 18.6 Å². The summed E-state index contributed by atoms with van der Waals surface area (Å²) in [6.07, 6.45) is -0.347. The lowest BCUT2D eigenvalue weighted by Gasteiger charge is -2.24. The molecule has 0 fully saturated rings. The van der Waals surface area contributed by atoms with E-state index in [0.29, 0.717) is 4.90 Å². The Kier molecular flexibility index (Phi) is 11.1. The van der Waals surface area contributed by atoms with Gasteiger partial charge in [-0.2, -0.15) is 24.4 Å². The quantitative estimate of drug-likeness (QED) is 0.190. The lowest BCUT2D eigenvalue weighted by molar-refractivity contribution is -0.156. The Morgan fingerprint density at radius 1 is 1.15 bits per heavy atom. The normalized spacial score (nSPS) is 12.5. The van der Waals surface area contributed by atoms with Crippen LogP contribution in [0.5, 0.6) is 0 Å². The summed E-state index contributed by atoms with van der Waals surface area (Å²) < 4.78 is 0. The Morgan fingerprint density at radius 3 is 2.23 bits per heavy atom. The topological polar surface area (TPSA) is 197 Å². The summed E-state index contributed by atoms with van der Waals surface area (Å²) in [4.78, 5) is 67.1. The van der Waals surface area contributed by atoms with E-state index in [2.05, 4.69) is 33.5 Å². The number of carbonyl (C=O) groups excluding carboxylic acids is 5. The average molecular weight is 393 g/mol. The van der Waals surface area contributed by atoms with Crippen LogP contribution in [-0.2, 0) is 33.6 Å². The molecule has 0 radical (unpaired) electrons. The molecule has 7 N–H and O–H groups in total. The minimum Gasteiger partial charge on any atom is -0.372 e. The second-order valence-corrected chi connectivity index (χ2v) is 5.41. The van der Waals surface area contributed by atoms with Crippen molar-refractivity contribution < 1.29 is 33.6 Å². The number of nitrogens with one attached hydrogen (secondary N) is 1. The molecule has 0 aromatic carbocycles. The van der Waals surface area contributed by atoms with Crippen LogP contribution in [-0.4, -0.2) is 58.9 Å². The summed E-state index contributed by atoms with van der Waals surface area (Å²) in [6.45, 7) is 0.790. The van der Waals surface area contributed by atoms with Crippen LogP contribution in [0.2, 0.25) is 0 Å². The molecule has 3 amide bonds. The van der Waals surface area contributed by atoms with E-state index in [4.69, 9.17) is 11.6 Å². The Hall–Kier alpha value is -2.22.